The molecule has 1 amide bonds. The summed E-state index contributed by atoms with van der Waals surface area (Å²) in [6.45, 7) is 5.43. The standard InChI is InChI=1S/C14H19N3O.ClH/c1-16-4-6-17(7-5-16)14(18)11-2-3-12-9-15-10-13(12)8-11;/h2-3,8,15H,4-7,9-10H2,1H3;1H. The van der Waals surface area contributed by atoms with Gasteiger partial charge in [-0.3, -0.25) is 4.79 Å². The van der Waals surface area contributed by atoms with Gasteiger partial charge in [-0.05, 0) is 30.3 Å². The summed E-state index contributed by atoms with van der Waals surface area (Å²) in [6, 6.07) is 6.10. The second kappa shape index (κ2) is 5.90. The van der Waals surface area contributed by atoms with Gasteiger partial charge in [0.1, 0.15) is 0 Å². The van der Waals surface area contributed by atoms with Crippen molar-refractivity contribution >= 4 is 18.3 Å². The van der Waals surface area contributed by atoms with Crippen LogP contribution in [0.1, 0.15) is 21.5 Å². The van der Waals surface area contributed by atoms with Crippen LogP contribution in [0.25, 0.3) is 0 Å². The van der Waals surface area contributed by atoms with Gasteiger partial charge in [0, 0.05) is 44.8 Å². The topological polar surface area (TPSA) is 35.6 Å². The Hall–Kier alpha value is -1.10. The number of halogens is 1. The van der Waals surface area contributed by atoms with E-state index in [9.17, 15) is 4.79 Å². The van der Waals surface area contributed by atoms with E-state index in [0.717, 1.165) is 44.8 Å². The minimum atomic E-state index is 0. The van der Waals surface area contributed by atoms with E-state index in [1.165, 1.54) is 11.1 Å². The van der Waals surface area contributed by atoms with Crippen LogP contribution >= 0.6 is 12.4 Å². The van der Waals surface area contributed by atoms with Crippen molar-refractivity contribution in [3.8, 4) is 0 Å². The summed E-state index contributed by atoms with van der Waals surface area (Å²) in [5.74, 6) is 0.179. The summed E-state index contributed by atoms with van der Waals surface area (Å²) < 4.78 is 0. The Morgan fingerprint density at radius 1 is 1.11 bits per heavy atom. The van der Waals surface area contributed by atoms with Gasteiger partial charge in [-0.15, -0.1) is 12.4 Å². The lowest BCUT2D eigenvalue weighted by molar-refractivity contribution is 0.0664. The Balaban J connectivity index is 0.00000133. The highest BCUT2D eigenvalue weighted by atomic mass is 35.5. The Labute approximate surface area is 120 Å². The molecule has 1 fully saturated rings. The third-order valence-electron chi connectivity index (χ3n) is 3.87. The fraction of sp³-hybridized carbons (Fsp3) is 0.500. The van der Waals surface area contributed by atoms with Crippen molar-refractivity contribution in [1.82, 2.24) is 15.1 Å². The number of benzene rings is 1. The molecule has 2 aliphatic rings. The zero-order valence-corrected chi connectivity index (χ0v) is 12.0. The molecule has 2 aliphatic heterocycles. The number of piperazine rings is 1. The molecule has 19 heavy (non-hydrogen) atoms. The van der Waals surface area contributed by atoms with Gasteiger partial charge in [0.15, 0.2) is 0 Å². The van der Waals surface area contributed by atoms with E-state index in [4.69, 9.17) is 0 Å². The number of amides is 1. The Kier molecular flexibility index (Phi) is 4.45. The van der Waals surface area contributed by atoms with E-state index in [0.29, 0.717) is 0 Å². The van der Waals surface area contributed by atoms with Gasteiger partial charge in [0.05, 0.1) is 0 Å². The fourth-order valence-electron chi connectivity index (χ4n) is 2.62. The number of carbonyl (C=O) groups excluding carboxylic acids is 1. The quantitative estimate of drug-likeness (QED) is 0.837. The number of nitrogens with one attached hydrogen (secondary N) is 1. The molecule has 0 aromatic heterocycles. The minimum Gasteiger partial charge on any atom is -0.336 e. The van der Waals surface area contributed by atoms with Crippen LogP contribution in [0.2, 0.25) is 0 Å². The Morgan fingerprint density at radius 3 is 2.53 bits per heavy atom. The lowest BCUT2D eigenvalue weighted by atomic mass is 10.1. The predicted molar refractivity (Wildman–Crippen MR) is 77.6 cm³/mol. The number of rotatable bonds is 1. The highest BCUT2D eigenvalue weighted by molar-refractivity contribution is 5.94. The molecule has 0 saturated carbocycles. The molecule has 1 saturated heterocycles. The van der Waals surface area contributed by atoms with Crippen LogP contribution in [0.3, 0.4) is 0 Å². The van der Waals surface area contributed by atoms with Gasteiger partial charge in [-0.1, -0.05) is 6.07 Å². The second-order valence-electron chi connectivity index (χ2n) is 5.18. The van der Waals surface area contributed by atoms with Gasteiger partial charge in [-0.2, -0.15) is 0 Å². The first-order chi connectivity index (χ1) is 8.74. The first kappa shape index (κ1) is 14.3. The van der Waals surface area contributed by atoms with E-state index in [2.05, 4.69) is 29.4 Å². The SMILES string of the molecule is CN1CCN(C(=O)c2ccc3c(c2)CNC3)CC1.Cl. The number of hydrogen-bond donors (Lipinski definition) is 1. The molecule has 2 heterocycles. The highest BCUT2D eigenvalue weighted by Gasteiger charge is 2.21. The van der Waals surface area contributed by atoms with Crippen molar-refractivity contribution in [2.75, 3.05) is 33.2 Å². The van der Waals surface area contributed by atoms with Crippen LogP contribution in [0.15, 0.2) is 18.2 Å². The summed E-state index contributed by atoms with van der Waals surface area (Å²) >= 11 is 0. The average Bonchev–Trinajstić information content (AvgIpc) is 2.86. The highest BCUT2D eigenvalue weighted by Crippen LogP contribution is 2.18. The molecule has 0 atom stereocenters. The number of nitrogens with zero attached hydrogens (tertiary/aromatic N) is 2. The largest absolute Gasteiger partial charge is 0.336 e. The average molecular weight is 282 g/mol. The maximum absolute atomic E-state index is 12.4. The molecule has 5 heteroatoms. The molecule has 0 aliphatic carbocycles. The van der Waals surface area contributed by atoms with Gasteiger partial charge in [0.2, 0.25) is 0 Å². The number of fused-ring (bicyclic) bond motifs is 1. The molecular weight excluding hydrogens is 262 g/mol. The van der Waals surface area contributed by atoms with Crippen molar-refractivity contribution in [1.29, 1.82) is 0 Å². The summed E-state index contributed by atoms with van der Waals surface area (Å²) in [5.41, 5.74) is 3.43. The summed E-state index contributed by atoms with van der Waals surface area (Å²) in [5, 5.41) is 3.31. The molecule has 1 aromatic rings. The zero-order valence-electron chi connectivity index (χ0n) is 11.2. The summed E-state index contributed by atoms with van der Waals surface area (Å²) in [4.78, 5) is 16.6. The normalized spacial score (nSPS) is 18.9. The van der Waals surface area contributed by atoms with Crippen molar-refractivity contribution in [3.63, 3.8) is 0 Å². The molecule has 1 N–H and O–H groups in total. The van der Waals surface area contributed by atoms with E-state index in [-0.39, 0.29) is 18.3 Å². The van der Waals surface area contributed by atoms with Crippen LogP contribution in [-0.4, -0.2) is 48.9 Å². The van der Waals surface area contributed by atoms with Gasteiger partial charge in [-0.25, -0.2) is 0 Å². The number of hydrogen-bond acceptors (Lipinski definition) is 3. The number of carbonyl (C=O) groups is 1. The molecule has 1 aromatic carbocycles. The third kappa shape index (κ3) is 2.91. The Bertz CT molecular complexity index is 470. The monoisotopic (exact) mass is 281 g/mol. The van der Waals surface area contributed by atoms with Gasteiger partial charge < -0.3 is 15.1 Å². The fourth-order valence-corrected chi connectivity index (χ4v) is 2.62. The van der Waals surface area contributed by atoms with Crippen molar-refractivity contribution in [2.45, 2.75) is 13.1 Å². The molecule has 104 valence electrons. The van der Waals surface area contributed by atoms with Crippen molar-refractivity contribution in [2.24, 2.45) is 0 Å². The molecule has 0 bridgehead atoms. The van der Waals surface area contributed by atoms with Gasteiger partial charge >= 0.3 is 0 Å². The molecule has 0 radical (unpaired) electrons. The van der Waals surface area contributed by atoms with Crippen LogP contribution in [-0.2, 0) is 13.1 Å². The van der Waals surface area contributed by atoms with E-state index in [1.807, 2.05) is 11.0 Å². The minimum absolute atomic E-state index is 0. The smallest absolute Gasteiger partial charge is 0.253 e. The van der Waals surface area contributed by atoms with Crippen LogP contribution in [0.4, 0.5) is 0 Å². The van der Waals surface area contributed by atoms with E-state index in [1.54, 1.807) is 0 Å². The summed E-state index contributed by atoms with van der Waals surface area (Å²) in [6.07, 6.45) is 0. The Morgan fingerprint density at radius 2 is 1.79 bits per heavy atom. The van der Waals surface area contributed by atoms with Crippen LogP contribution in [0, 0.1) is 0 Å². The first-order valence-corrected chi connectivity index (χ1v) is 6.54. The number of likely N-dealkylation sites (N-methyl/N-ethyl adjacent to an activating group) is 1. The lowest BCUT2D eigenvalue weighted by Crippen LogP contribution is -2.47. The molecular formula is C14H20ClN3O. The van der Waals surface area contributed by atoms with Crippen molar-refractivity contribution < 1.29 is 4.79 Å². The predicted octanol–water partition coefficient (Wildman–Crippen LogP) is 1.10. The first-order valence-electron chi connectivity index (χ1n) is 6.54. The maximum Gasteiger partial charge on any atom is 0.253 e. The maximum atomic E-state index is 12.4. The third-order valence-corrected chi connectivity index (χ3v) is 3.87. The van der Waals surface area contributed by atoms with Crippen LogP contribution in [0.5, 0.6) is 0 Å². The summed E-state index contributed by atoms with van der Waals surface area (Å²) in [7, 11) is 2.10. The lowest BCUT2D eigenvalue weighted by Gasteiger charge is -2.32. The molecule has 0 spiro atoms. The van der Waals surface area contributed by atoms with E-state index >= 15 is 0 Å². The molecule has 4 nitrogen and oxygen atoms in total. The zero-order chi connectivity index (χ0) is 12.5. The van der Waals surface area contributed by atoms with Crippen LogP contribution < -0.4 is 5.32 Å². The van der Waals surface area contributed by atoms with Gasteiger partial charge in [0.25, 0.3) is 5.91 Å². The molecule has 0 unspecified atom stereocenters. The van der Waals surface area contributed by atoms with Crippen molar-refractivity contribution in [3.05, 3.63) is 34.9 Å². The molecule has 3 rings (SSSR count). The van der Waals surface area contributed by atoms with E-state index < -0.39 is 0 Å². The second-order valence-corrected chi connectivity index (χ2v) is 5.18.